The molecule has 0 fully saturated rings. The van der Waals surface area contributed by atoms with Gasteiger partial charge in [0.15, 0.2) is 0 Å². The first-order chi connectivity index (χ1) is 11.7. The van der Waals surface area contributed by atoms with Crippen molar-refractivity contribution < 1.29 is 14.3 Å². The van der Waals surface area contributed by atoms with E-state index in [-0.39, 0.29) is 5.91 Å². The number of benzene rings is 1. The summed E-state index contributed by atoms with van der Waals surface area (Å²) in [6.45, 7) is 5.76. The van der Waals surface area contributed by atoms with Gasteiger partial charge in [0, 0.05) is 23.5 Å². The lowest BCUT2D eigenvalue weighted by Crippen LogP contribution is -2.49. The van der Waals surface area contributed by atoms with Crippen LogP contribution in [0.4, 0.5) is 10.5 Å². The molecule has 0 saturated carbocycles. The molecule has 2 aromatic rings. The number of carbonyl (C=O) groups is 2. The molecule has 1 N–H and O–H groups in total. The molecule has 1 aromatic heterocycles. The molecule has 2 heterocycles. The molecular weight excluding hydrogens is 338 g/mol. The number of likely N-dealkylation sites (N-methyl/N-ethyl adjacent to an activating group) is 1. The lowest BCUT2D eigenvalue weighted by molar-refractivity contribution is -0.120. The van der Waals surface area contributed by atoms with Crippen molar-refractivity contribution in [1.29, 1.82) is 0 Å². The van der Waals surface area contributed by atoms with Crippen LogP contribution in [0.25, 0.3) is 10.9 Å². The number of nitrogens with zero attached hydrogens (tertiary/aromatic N) is 2. The molecule has 25 heavy (non-hydrogen) atoms. The molecule has 1 aliphatic heterocycles. The molecule has 6 nitrogen and oxygen atoms in total. The van der Waals surface area contributed by atoms with Gasteiger partial charge in [0.1, 0.15) is 11.6 Å². The quantitative estimate of drug-likeness (QED) is 0.834. The highest BCUT2D eigenvalue weighted by molar-refractivity contribution is 7.98. The molecule has 1 unspecified atom stereocenters. The Labute approximate surface area is 151 Å². The summed E-state index contributed by atoms with van der Waals surface area (Å²) >= 11 is 1.67. The molecule has 134 valence electrons. The van der Waals surface area contributed by atoms with Gasteiger partial charge in [-0.15, -0.1) is 11.8 Å². The van der Waals surface area contributed by atoms with Crippen molar-refractivity contribution in [3.05, 3.63) is 24.4 Å². The van der Waals surface area contributed by atoms with E-state index in [1.807, 2.05) is 29.2 Å². The minimum atomic E-state index is -0.683. The highest BCUT2D eigenvalue weighted by Gasteiger charge is 2.32. The number of hydrogen-bond donors (Lipinski definition) is 1. The molecule has 0 aliphatic carbocycles. The minimum absolute atomic E-state index is 0.159. The number of amides is 2. The molecule has 0 spiro atoms. The van der Waals surface area contributed by atoms with Crippen molar-refractivity contribution in [3.63, 3.8) is 0 Å². The Hall–Kier alpha value is -2.15. The topological polar surface area (TPSA) is 63.6 Å². The zero-order valence-corrected chi connectivity index (χ0v) is 15.9. The highest BCUT2D eigenvalue weighted by atomic mass is 32.2. The van der Waals surface area contributed by atoms with Gasteiger partial charge in [0.2, 0.25) is 0 Å². The molecule has 0 saturated heterocycles. The third-order valence-corrected chi connectivity index (χ3v) is 4.89. The van der Waals surface area contributed by atoms with E-state index in [1.54, 1.807) is 44.5 Å². The van der Waals surface area contributed by atoms with Crippen LogP contribution in [0.2, 0.25) is 0 Å². The van der Waals surface area contributed by atoms with E-state index in [9.17, 15) is 9.59 Å². The molecule has 1 aliphatic rings. The van der Waals surface area contributed by atoms with Gasteiger partial charge < -0.3 is 19.5 Å². The average molecular weight is 361 g/mol. The molecular formula is C18H23N3O3S. The molecule has 3 rings (SSSR count). The van der Waals surface area contributed by atoms with Crippen molar-refractivity contribution in [2.45, 2.75) is 43.9 Å². The predicted molar refractivity (Wildman–Crippen MR) is 100 cm³/mol. The van der Waals surface area contributed by atoms with Crippen LogP contribution < -0.4 is 10.2 Å². The van der Waals surface area contributed by atoms with Gasteiger partial charge in [-0.25, -0.2) is 4.79 Å². The van der Waals surface area contributed by atoms with Gasteiger partial charge in [0.05, 0.1) is 17.7 Å². The number of thioether (sulfide) groups is 1. The van der Waals surface area contributed by atoms with Crippen LogP contribution in [-0.2, 0) is 16.1 Å². The number of alkyl carbamates (subject to hydrolysis) is 1. The van der Waals surface area contributed by atoms with Crippen molar-refractivity contribution in [3.8, 4) is 0 Å². The first kappa shape index (κ1) is 17.7. The fraction of sp³-hybridized carbons (Fsp3) is 0.444. The summed E-state index contributed by atoms with van der Waals surface area (Å²) < 4.78 is 7.35. The Bertz CT molecular complexity index is 838. The molecule has 7 heteroatoms. The van der Waals surface area contributed by atoms with Crippen LogP contribution in [0.5, 0.6) is 0 Å². The number of aromatic nitrogens is 1. The third-order valence-electron chi connectivity index (χ3n) is 4.12. The maximum absolute atomic E-state index is 12.8. The zero-order chi connectivity index (χ0) is 18.4. The Morgan fingerprint density at radius 2 is 2.08 bits per heavy atom. The van der Waals surface area contributed by atoms with Crippen molar-refractivity contribution >= 4 is 40.4 Å². The van der Waals surface area contributed by atoms with Gasteiger partial charge in [-0.05, 0) is 33.1 Å². The van der Waals surface area contributed by atoms with E-state index in [0.717, 1.165) is 21.5 Å². The number of ether oxygens (including phenoxy) is 1. The van der Waals surface area contributed by atoms with Gasteiger partial charge in [-0.2, -0.15) is 0 Å². The summed E-state index contributed by atoms with van der Waals surface area (Å²) in [5.74, 6) is -0.159. The van der Waals surface area contributed by atoms with E-state index in [4.69, 9.17) is 4.74 Å². The fourth-order valence-corrected chi connectivity index (χ4v) is 3.69. The summed E-state index contributed by atoms with van der Waals surface area (Å²) in [5.41, 5.74) is 1.24. The molecule has 0 radical (unpaired) electrons. The minimum Gasteiger partial charge on any atom is -0.444 e. The van der Waals surface area contributed by atoms with Gasteiger partial charge in [0.25, 0.3) is 5.91 Å². The van der Waals surface area contributed by atoms with Crippen molar-refractivity contribution in [2.24, 2.45) is 0 Å². The van der Waals surface area contributed by atoms with Crippen LogP contribution in [-0.4, -0.2) is 41.5 Å². The SMILES string of the molecule is CSc1cn2c3c(cccc13)N(C)C(=O)C(NC(=O)OC(C)(C)C)C2. The molecule has 2 amide bonds. The summed E-state index contributed by atoms with van der Waals surface area (Å²) in [4.78, 5) is 27.8. The standard InChI is InChI=1S/C18H23N3O3S/c1-18(2,3)24-17(23)19-12-9-21-10-14(25-5)11-7-6-8-13(15(11)21)20(4)16(12)22/h6-8,10,12H,9H2,1-5H3,(H,19,23). The van der Waals surface area contributed by atoms with Crippen LogP contribution in [0, 0.1) is 0 Å². The van der Waals surface area contributed by atoms with E-state index >= 15 is 0 Å². The molecule has 0 bridgehead atoms. The molecule has 1 atom stereocenters. The lowest BCUT2D eigenvalue weighted by atomic mass is 10.2. The van der Waals surface area contributed by atoms with E-state index < -0.39 is 17.7 Å². The predicted octanol–water partition coefficient (Wildman–Crippen LogP) is 3.23. The maximum atomic E-state index is 12.8. The number of para-hydroxylation sites is 1. The van der Waals surface area contributed by atoms with Crippen LogP contribution >= 0.6 is 11.8 Å². The number of hydrogen-bond acceptors (Lipinski definition) is 4. The Balaban J connectivity index is 1.98. The first-order valence-corrected chi connectivity index (χ1v) is 9.36. The van der Waals surface area contributed by atoms with Crippen LogP contribution in [0.15, 0.2) is 29.3 Å². The summed E-state index contributed by atoms with van der Waals surface area (Å²) in [6.07, 6.45) is 3.48. The highest BCUT2D eigenvalue weighted by Crippen LogP contribution is 2.36. The largest absolute Gasteiger partial charge is 0.444 e. The molecule has 1 aromatic carbocycles. The van der Waals surface area contributed by atoms with E-state index in [2.05, 4.69) is 11.4 Å². The smallest absolute Gasteiger partial charge is 0.408 e. The zero-order valence-electron chi connectivity index (χ0n) is 15.1. The van der Waals surface area contributed by atoms with Crippen LogP contribution in [0.1, 0.15) is 20.8 Å². The van der Waals surface area contributed by atoms with Gasteiger partial charge in [-0.3, -0.25) is 4.79 Å². The average Bonchev–Trinajstić information content (AvgIpc) is 2.84. The van der Waals surface area contributed by atoms with Crippen molar-refractivity contribution in [2.75, 3.05) is 18.2 Å². The summed E-state index contributed by atoms with van der Waals surface area (Å²) in [7, 11) is 1.74. The summed E-state index contributed by atoms with van der Waals surface area (Å²) in [6, 6.07) is 5.25. The van der Waals surface area contributed by atoms with Gasteiger partial charge in [-0.1, -0.05) is 12.1 Å². The fourth-order valence-electron chi connectivity index (χ4n) is 3.07. The monoisotopic (exact) mass is 361 g/mol. The van der Waals surface area contributed by atoms with E-state index in [1.165, 1.54) is 0 Å². The Kier molecular flexibility index (Phi) is 4.45. The summed E-state index contributed by atoms with van der Waals surface area (Å²) in [5, 5.41) is 3.83. The number of nitrogens with one attached hydrogen (secondary N) is 1. The Morgan fingerprint density at radius 3 is 2.72 bits per heavy atom. The second-order valence-corrected chi connectivity index (χ2v) is 7.97. The maximum Gasteiger partial charge on any atom is 0.408 e. The van der Waals surface area contributed by atoms with Crippen LogP contribution in [0.3, 0.4) is 0 Å². The number of anilines is 1. The second-order valence-electron chi connectivity index (χ2n) is 7.12. The first-order valence-electron chi connectivity index (χ1n) is 8.14. The Morgan fingerprint density at radius 1 is 1.36 bits per heavy atom. The van der Waals surface area contributed by atoms with E-state index in [0.29, 0.717) is 6.54 Å². The van der Waals surface area contributed by atoms with Crippen molar-refractivity contribution in [1.82, 2.24) is 9.88 Å². The van der Waals surface area contributed by atoms with Gasteiger partial charge >= 0.3 is 6.09 Å². The number of carbonyl (C=O) groups excluding carboxylic acids is 2. The second kappa shape index (κ2) is 6.29. The normalized spacial score (nSPS) is 17.6. The number of rotatable bonds is 2. The lowest BCUT2D eigenvalue weighted by Gasteiger charge is -2.24. The third kappa shape index (κ3) is 3.33.